The van der Waals surface area contributed by atoms with Crippen LogP contribution in [0.3, 0.4) is 0 Å². The third-order valence-corrected chi connectivity index (χ3v) is 6.46. The Kier molecular flexibility index (Phi) is 6.65. The first-order valence-corrected chi connectivity index (χ1v) is 10.7. The number of ketones is 1. The summed E-state index contributed by atoms with van der Waals surface area (Å²) in [5, 5.41) is 15.0. The van der Waals surface area contributed by atoms with Gasteiger partial charge in [-0.3, -0.25) is 14.4 Å². The van der Waals surface area contributed by atoms with E-state index in [-0.39, 0.29) is 50.1 Å². The molecule has 3 rings (SSSR count). The Hall–Kier alpha value is -1.73. The molecule has 1 saturated carbocycles. The summed E-state index contributed by atoms with van der Waals surface area (Å²) in [6, 6.07) is 3.58. The van der Waals surface area contributed by atoms with Crippen LogP contribution in [0, 0.1) is 5.92 Å². The fourth-order valence-electron chi connectivity index (χ4n) is 3.88. The lowest BCUT2D eigenvalue weighted by atomic mass is 9.93. The summed E-state index contributed by atoms with van der Waals surface area (Å²) in [6.07, 6.45) is 6.77. The molecule has 6 nitrogen and oxygen atoms in total. The molecular weight excluding hydrogens is 364 g/mol. The number of nitrogens with one attached hydrogen (secondary N) is 1. The van der Waals surface area contributed by atoms with Crippen LogP contribution in [-0.2, 0) is 9.59 Å². The summed E-state index contributed by atoms with van der Waals surface area (Å²) in [4.78, 5) is 38.3. The van der Waals surface area contributed by atoms with Crippen molar-refractivity contribution in [2.75, 3.05) is 19.6 Å². The summed E-state index contributed by atoms with van der Waals surface area (Å²) in [6.45, 7) is 0.596. The second-order valence-electron chi connectivity index (χ2n) is 7.84. The van der Waals surface area contributed by atoms with E-state index in [1.54, 1.807) is 11.0 Å². The number of carbonyl (C=O) groups is 3. The highest BCUT2D eigenvalue weighted by atomic mass is 32.1. The molecule has 1 aromatic heterocycles. The molecule has 27 heavy (non-hydrogen) atoms. The molecule has 0 unspecified atom stereocenters. The standard InChI is InChI=1S/C20H28N2O4S/c23-16(17-6-3-11-27-17)8-10-19(25)22-13-20(26,14-22)12-21-18(24)9-7-15-4-1-2-5-15/h3,6,11,15,26H,1-2,4-5,7-10,12-14H2,(H,21,24). The zero-order chi connectivity index (χ0) is 19.3. The minimum Gasteiger partial charge on any atom is -0.384 e. The fourth-order valence-corrected chi connectivity index (χ4v) is 4.57. The number of carbonyl (C=O) groups excluding carboxylic acids is 3. The van der Waals surface area contributed by atoms with E-state index in [4.69, 9.17) is 0 Å². The molecule has 7 heteroatoms. The molecule has 0 bridgehead atoms. The summed E-state index contributed by atoms with van der Waals surface area (Å²) >= 11 is 1.38. The molecule has 2 heterocycles. The van der Waals surface area contributed by atoms with E-state index in [0.717, 1.165) is 6.42 Å². The van der Waals surface area contributed by atoms with Gasteiger partial charge in [-0.1, -0.05) is 31.7 Å². The zero-order valence-electron chi connectivity index (χ0n) is 15.6. The van der Waals surface area contributed by atoms with E-state index < -0.39 is 5.60 Å². The van der Waals surface area contributed by atoms with Gasteiger partial charge in [-0.25, -0.2) is 0 Å². The molecule has 0 atom stereocenters. The van der Waals surface area contributed by atoms with Crippen molar-refractivity contribution in [2.45, 2.75) is 57.0 Å². The average molecular weight is 393 g/mol. The van der Waals surface area contributed by atoms with Crippen molar-refractivity contribution < 1.29 is 19.5 Å². The molecule has 148 valence electrons. The normalized spacial score (nSPS) is 18.9. The maximum atomic E-state index is 12.2. The number of amides is 2. The van der Waals surface area contributed by atoms with Crippen LogP contribution in [0.2, 0.25) is 0 Å². The van der Waals surface area contributed by atoms with E-state index in [0.29, 0.717) is 17.2 Å². The lowest BCUT2D eigenvalue weighted by Gasteiger charge is -2.46. The van der Waals surface area contributed by atoms with Crippen LogP contribution >= 0.6 is 11.3 Å². The Balaban J connectivity index is 1.30. The van der Waals surface area contributed by atoms with Gasteiger partial charge in [0.15, 0.2) is 5.78 Å². The molecule has 1 saturated heterocycles. The largest absolute Gasteiger partial charge is 0.384 e. The molecule has 2 N–H and O–H groups in total. The zero-order valence-corrected chi connectivity index (χ0v) is 16.4. The third-order valence-electron chi connectivity index (χ3n) is 5.55. The number of aliphatic hydroxyl groups is 1. The van der Waals surface area contributed by atoms with Gasteiger partial charge in [0, 0.05) is 25.8 Å². The Morgan fingerprint density at radius 2 is 1.93 bits per heavy atom. The highest BCUT2D eigenvalue weighted by molar-refractivity contribution is 7.12. The van der Waals surface area contributed by atoms with Gasteiger partial charge in [-0.05, 0) is 23.8 Å². The van der Waals surface area contributed by atoms with Crippen LogP contribution in [0.1, 0.15) is 61.0 Å². The van der Waals surface area contributed by atoms with Crippen molar-refractivity contribution in [3.05, 3.63) is 22.4 Å². The molecule has 2 fully saturated rings. The lowest BCUT2D eigenvalue weighted by molar-refractivity contribution is -0.155. The van der Waals surface area contributed by atoms with E-state index in [1.807, 2.05) is 11.4 Å². The third kappa shape index (κ3) is 5.62. The van der Waals surface area contributed by atoms with Crippen LogP contribution in [0.5, 0.6) is 0 Å². The van der Waals surface area contributed by atoms with Crippen molar-refractivity contribution in [1.82, 2.24) is 10.2 Å². The first-order valence-electron chi connectivity index (χ1n) is 9.79. The van der Waals surface area contributed by atoms with Crippen molar-refractivity contribution in [3.8, 4) is 0 Å². The number of hydrogen-bond donors (Lipinski definition) is 2. The van der Waals surface area contributed by atoms with Gasteiger partial charge in [-0.15, -0.1) is 11.3 Å². The molecule has 2 amide bonds. The number of β-amino-alcohol motifs (C(OH)–C–C–N with tert-alkyl or cyclic N) is 1. The van der Waals surface area contributed by atoms with E-state index in [1.165, 1.54) is 37.0 Å². The van der Waals surface area contributed by atoms with Gasteiger partial charge in [0.25, 0.3) is 0 Å². The maximum Gasteiger partial charge on any atom is 0.223 e. The molecule has 0 aromatic carbocycles. The number of Topliss-reactive ketones (excluding diaryl/α,β-unsaturated/α-hetero) is 1. The number of hydrogen-bond acceptors (Lipinski definition) is 5. The van der Waals surface area contributed by atoms with Gasteiger partial charge < -0.3 is 15.3 Å². The van der Waals surface area contributed by atoms with E-state index in [2.05, 4.69) is 5.32 Å². The van der Waals surface area contributed by atoms with Gasteiger partial charge >= 0.3 is 0 Å². The van der Waals surface area contributed by atoms with Crippen LogP contribution in [0.15, 0.2) is 17.5 Å². The summed E-state index contributed by atoms with van der Waals surface area (Å²) in [5.74, 6) is 0.495. The first kappa shape index (κ1) is 20.0. The number of rotatable bonds is 9. The number of nitrogens with zero attached hydrogens (tertiary/aromatic N) is 1. The number of thiophene rings is 1. The molecule has 1 aromatic rings. The Bertz CT molecular complexity index is 662. The molecule has 0 radical (unpaired) electrons. The topological polar surface area (TPSA) is 86.7 Å². The highest BCUT2D eigenvalue weighted by Gasteiger charge is 2.43. The monoisotopic (exact) mass is 392 g/mol. The average Bonchev–Trinajstić information content (AvgIpc) is 3.33. The van der Waals surface area contributed by atoms with Crippen LogP contribution in [0.25, 0.3) is 0 Å². The fraction of sp³-hybridized carbons (Fsp3) is 0.650. The van der Waals surface area contributed by atoms with Crippen molar-refractivity contribution in [2.24, 2.45) is 5.92 Å². The number of likely N-dealkylation sites (tertiary alicyclic amines) is 1. The molecule has 0 spiro atoms. The van der Waals surface area contributed by atoms with Crippen molar-refractivity contribution in [1.29, 1.82) is 0 Å². The first-order chi connectivity index (χ1) is 13.0. The second-order valence-corrected chi connectivity index (χ2v) is 8.79. The summed E-state index contributed by atoms with van der Waals surface area (Å²) < 4.78 is 0. The lowest BCUT2D eigenvalue weighted by Crippen LogP contribution is -2.67. The minimum absolute atomic E-state index is 0.0244. The Morgan fingerprint density at radius 1 is 1.19 bits per heavy atom. The Labute approximate surface area is 163 Å². The van der Waals surface area contributed by atoms with Crippen LogP contribution < -0.4 is 5.32 Å². The van der Waals surface area contributed by atoms with E-state index in [9.17, 15) is 19.5 Å². The van der Waals surface area contributed by atoms with Gasteiger partial charge in [0.2, 0.25) is 11.8 Å². The predicted octanol–water partition coefficient (Wildman–Crippen LogP) is 2.37. The van der Waals surface area contributed by atoms with Crippen LogP contribution in [-0.4, -0.2) is 52.8 Å². The SMILES string of the molecule is O=C(CCC1CCCC1)NCC1(O)CN(C(=O)CCC(=O)c2cccs2)C1. The molecule has 2 aliphatic rings. The quantitative estimate of drug-likeness (QED) is 0.632. The Morgan fingerprint density at radius 3 is 2.59 bits per heavy atom. The predicted molar refractivity (Wildman–Crippen MR) is 104 cm³/mol. The summed E-state index contributed by atoms with van der Waals surface area (Å²) in [5.41, 5.74) is -1.05. The maximum absolute atomic E-state index is 12.2. The highest BCUT2D eigenvalue weighted by Crippen LogP contribution is 2.28. The van der Waals surface area contributed by atoms with Crippen molar-refractivity contribution >= 4 is 28.9 Å². The summed E-state index contributed by atoms with van der Waals surface area (Å²) in [7, 11) is 0. The smallest absolute Gasteiger partial charge is 0.223 e. The van der Waals surface area contributed by atoms with Gasteiger partial charge in [0.1, 0.15) is 5.60 Å². The van der Waals surface area contributed by atoms with E-state index >= 15 is 0 Å². The molecular formula is C20H28N2O4S. The van der Waals surface area contributed by atoms with Crippen LogP contribution in [0.4, 0.5) is 0 Å². The van der Waals surface area contributed by atoms with Gasteiger partial charge in [0.05, 0.1) is 18.0 Å². The van der Waals surface area contributed by atoms with Gasteiger partial charge in [-0.2, -0.15) is 0 Å². The molecule has 1 aliphatic carbocycles. The minimum atomic E-state index is -1.05. The second kappa shape index (κ2) is 8.97. The molecule has 1 aliphatic heterocycles. The van der Waals surface area contributed by atoms with Crippen molar-refractivity contribution in [3.63, 3.8) is 0 Å².